The van der Waals surface area contributed by atoms with Crippen LogP contribution in [0.25, 0.3) is 0 Å². The predicted molar refractivity (Wildman–Crippen MR) is 67.8 cm³/mol. The molecule has 1 atom stereocenters. The van der Waals surface area contributed by atoms with Crippen molar-refractivity contribution in [1.29, 1.82) is 0 Å². The molecule has 16 heavy (non-hydrogen) atoms. The molecule has 0 amide bonds. The first-order chi connectivity index (χ1) is 7.66. The number of rotatable bonds is 4. The topological polar surface area (TPSA) is 25.2 Å². The van der Waals surface area contributed by atoms with Gasteiger partial charge >= 0.3 is 0 Å². The smallest absolute Gasteiger partial charge is 0.117 e. The molecule has 2 heterocycles. The Kier molecular flexibility index (Phi) is 3.46. The molecule has 86 valence electrons. The van der Waals surface area contributed by atoms with E-state index in [1.807, 2.05) is 23.5 Å². The standard InChI is InChI=1S/C13H17NOS/c1-9-7-13(11(3)16-9)10(2)14-8-12-5-4-6-15-12/h4-7,10,14H,8H2,1-3H3/t10-/m1/s1. The Labute approximate surface area is 100 Å². The third-order valence-corrected chi connectivity index (χ3v) is 3.69. The lowest BCUT2D eigenvalue weighted by Crippen LogP contribution is -2.17. The Bertz CT molecular complexity index is 444. The van der Waals surface area contributed by atoms with E-state index in [2.05, 4.69) is 32.2 Å². The molecule has 0 bridgehead atoms. The highest BCUT2D eigenvalue weighted by Gasteiger charge is 2.10. The van der Waals surface area contributed by atoms with Gasteiger partial charge in [-0.25, -0.2) is 0 Å². The van der Waals surface area contributed by atoms with Crippen LogP contribution < -0.4 is 5.32 Å². The first-order valence-corrected chi connectivity index (χ1v) is 6.31. The van der Waals surface area contributed by atoms with Gasteiger partial charge in [-0.2, -0.15) is 0 Å². The van der Waals surface area contributed by atoms with Crippen LogP contribution in [0.3, 0.4) is 0 Å². The Morgan fingerprint density at radius 2 is 2.25 bits per heavy atom. The summed E-state index contributed by atoms with van der Waals surface area (Å²) in [6.07, 6.45) is 1.71. The van der Waals surface area contributed by atoms with Crippen LogP contribution in [0, 0.1) is 13.8 Å². The summed E-state index contributed by atoms with van der Waals surface area (Å²) in [6, 6.07) is 6.54. The molecule has 0 aliphatic heterocycles. The minimum Gasteiger partial charge on any atom is -0.468 e. The van der Waals surface area contributed by atoms with Gasteiger partial charge in [-0.05, 0) is 44.5 Å². The predicted octanol–water partition coefficient (Wildman–Crippen LogP) is 3.81. The summed E-state index contributed by atoms with van der Waals surface area (Å²) >= 11 is 1.86. The molecule has 0 spiro atoms. The van der Waals surface area contributed by atoms with E-state index in [-0.39, 0.29) is 0 Å². The average molecular weight is 235 g/mol. The van der Waals surface area contributed by atoms with Gasteiger partial charge in [-0.3, -0.25) is 0 Å². The molecule has 0 saturated carbocycles. The lowest BCUT2D eigenvalue weighted by atomic mass is 10.1. The normalized spacial score (nSPS) is 12.9. The van der Waals surface area contributed by atoms with E-state index in [1.165, 1.54) is 15.3 Å². The summed E-state index contributed by atoms with van der Waals surface area (Å²) in [6.45, 7) is 7.30. The van der Waals surface area contributed by atoms with E-state index in [0.717, 1.165) is 12.3 Å². The second kappa shape index (κ2) is 4.85. The molecule has 0 saturated heterocycles. The molecular weight excluding hydrogens is 218 g/mol. The fourth-order valence-corrected chi connectivity index (χ4v) is 2.88. The van der Waals surface area contributed by atoms with Crippen LogP contribution in [-0.2, 0) is 6.54 Å². The van der Waals surface area contributed by atoms with E-state index in [9.17, 15) is 0 Å². The second-order valence-electron chi connectivity index (χ2n) is 4.05. The maximum atomic E-state index is 5.30. The maximum absolute atomic E-state index is 5.30. The number of hydrogen-bond acceptors (Lipinski definition) is 3. The first kappa shape index (κ1) is 11.4. The average Bonchev–Trinajstić information content (AvgIpc) is 2.84. The van der Waals surface area contributed by atoms with Crippen molar-refractivity contribution in [1.82, 2.24) is 5.32 Å². The minimum absolute atomic E-state index is 0.370. The second-order valence-corrected chi connectivity index (χ2v) is 5.51. The van der Waals surface area contributed by atoms with Crippen molar-refractivity contribution < 1.29 is 4.42 Å². The largest absolute Gasteiger partial charge is 0.468 e. The monoisotopic (exact) mass is 235 g/mol. The summed E-state index contributed by atoms with van der Waals surface area (Å²) < 4.78 is 5.30. The summed E-state index contributed by atoms with van der Waals surface area (Å²) in [5.74, 6) is 0.983. The summed E-state index contributed by atoms with van der Waals surface area (Å²) in [7, 11) is 0. The molecule has 2 rings (SSSR count). The summed E-state index contributed by atoms with van der Waals surface area (Å²) in [5.41, 5.74) is 1.40. The quantitative estimate of drug-likeness (QED) is 0.871. The van der Waals surface area contributed by atoms with E-state index >= 15 is 0 Å². The Morgan fingerprint density at radius 1 is 1.44 bits per heavy atom. The van der Waals surface area contributed by atoms with E-state index < -0.39 is 0 Å². The first-order valence-electron chi connectivity index (χ1n) is 5.49. The van der Waals surface area contributed by atoms with Gasteiger partial charge in [0, 0.05) is 15.8 Å². The SMILES string of the molecule is Cc1cc([C@@H](C)NCc2ccco2)c(C)s1. The van der Waals surface area contributed by atoms with Crippen LogP contribution in [0.5, 0.6) is 0 Å². The van der Waals surface area contributed by atoms with Gasteiger partial charge in [0.05, 0.1) is 12.8 Å². The van der Waals surface area contributed by atoms with E-state index in [1.54, 1.807) is 6.26 Å². The summed E-state index contributed by atoms with van der Waals surface area (Å²) in [4.78, 5) is 2.77. The molecule has 0 aliphatic carbocycles. The van der Waals surface area contributed by atoms with Crippen LogP contribution in [0.2, 0.25) is 0 Å². The van der Waals surface area contributed by atoms with Crippen LogP contribution in [0.4, 0.5) is 0 Å². The van der Waals surface area contributed by atoms with Crippen LogP contribution in [0.1, 0.15) is 34.0 Å². The third kappa shape index (κ3) is 2.54. The van der Waals surface area contributed by atoms with Crippen molar-refractivity contribution >= 4 is 11.3 Å². The molecule has 2 nitrogen and oxygen atoms in total. The van der Waals surface area contributed by atoms with Crippen molar-refractivity contribution in [2.45, 2.75) is 33.4 Å². The van der Waals surface area contributed by atoms with E-state index in [0.29, 0.717) is 6.04 Å². The zero-order valence-corrected chi connectivity index (χ0v) is 10.7. The maximum Gasteiger partial charge on any atom is 0.117 e. The van der Waals surface area contributed by atoms with Crippen molar-refractivity contribution in [2.75, 3.05) is 0 Å². The number of thiophene rings is 1. The lowest BCUT2D eigenvalue weighted by molar-refractivity contribution is 0.460. The zero-order valence-electron chi connectivity index (χ0n) is 9.91. The molecule has 3 heteroatoms. The van der Waals surface area contributed by atoms with Gasteiger partial charge in [0.1, 0.15) is 5.76 Å². The molecule has 0 radical (unpaired) electrons. The van der Waals surface area contributed by atoms with Crippen molar-refractivity contribution in [3.05, 3.63) is 45.5 Å². The highest BCUT2D eigenvalue weighted by atomic mass is 32.1. The fraction of sp³-hybridized carbons (Fsp3) is 0.385. The van der Waals surface area contributed by atoms with Gasteiger partial charge in [0.25, 0.3) is 0 Å². The van der Waals surface area contributed by atoms with Gasteiger partial charge in [0.2, 0.25) is 0 Å². The van der Waals surface area contributed by atoms with E-state index in [4.69, 9.17) is 4.42 Å². The number of nitrogens with one attached hydrogen (secondary N) is 1. The van der Waals surface area contributed by atoms with Crippen molar-refractivity contribution in [3.8, 4) is 0 Å². The van der Waals surface area contributed by atoms with Gasteiger partial charge < -0.3 is 9.73 Å². The van der Waals surface area contributed by atoms with Crippen molar-refractivity contribution in [2.24, 2.45) is 0 Å². The zero-order chi connectivity index (χ0) is 11.5. The molecular formula is C13H17NOS. The van der Waals surface area contributed by atoms with Gasteiger partial charge in [-0.15, -0.1) is 11.3 Å². The molecule has 0 aromatic carbocycles. The molecule has 0 aliphatic rings. The van der Waals surface area contributed by atoms with Crippen LogP contribution in [-0.4, -0.2) is 0 Å². The molecule has 2 aromatic rings. The number of aryl methyl sites for hydroxylation is 2. The highest BCUT2D eigenvalue weighted by Crippen LogP contribution is 2.26. The Morgan fingerprint density at radius 3 is 2.81 bits per heavy atom. The molecule has 2 aromatic heterocycles. The Balaban J connectivity index is 1.98. The molecule has 0 fully saturated rings. The van der Waals surface area contributed by atoms with Crippen LogP contribution in [0.15, 0.2) is 28.9 Å². The number of hydrogen-bond donors (Lipinski definition) is 1. The Hall–Kier alpha value is -1.06. The fourth-order valence-electron chi connectivity index (χ4n) is 1.86. The van der Waals surface area contributed by atoms with Crippen LogP contribution >= 0.6 is 11.3 Å². The summed E-state index contributed by atoms with van der Waals surface area (Å²) in [5, 5.41) is 3.47. The van der Waals surface area contributed by atoms with Gasteiger partial charge in [0.15, 0.2) is 0 Å². The molecule has 1 N–H and O–H groups in total. The third-order valence-electron chi connectivity index (χ3n) is 2.71. The minimum atomic E-state index is 0.370. The number of furan rings is 1. The van der Waals surface area contributed by atoms with Crippen molar-refractivity contribution in [3.63, 3.8) is 0 Å². The lowest BCUT2D eigenvalue weighted by Gasteiger charge is -2.12. The highest BCUT2D eigenvalue weighted by molar-refractivity contribution is 7.12. The molecule has 0 unspecified atom stereocenters. The van der Waals surface area contributed by atoms with Gasteiger partial charge in [-0.1, -0.05) is 0 Å².